The summed E-state index contributed by atoms with van der Waals surface area (Å²) >= 11 is 0. The Morgan fingerprint density at radius 2 is 1.56 bits per heavy atom. The SMILES string of the molecule is CCCCCCCCCCCCOCC(Cn1ccnc1)OC(C)C. The first kappa shape index (κ1) is 22.2. The van der Waals surface area contributed by atoms with E-state index in [1.807, 2.05) is 12.5 Å². The number of aromatic nitrogens is 2. The van der Waals surface area contributed by atoms with Crippen molar-refractivity contribution < 1.29 is 9.47 Å². The van der Waals surface area contributed by atoms with Gasteiger partial charge in [-0.05, 0) is 20.3 Å². The van der Waals surface area contributed by atoms with E-state index >= 15 is 0 Å². The first-order chi connectivity index (χ1) is 12.2. The van der Waals surface area contributed by atoms with Gasteiger partial charge in [0.2, 0.25) is 0 Å². The molecular formula is C21H40N2O2. The summed E-state index contributed by atoms with van der Waals surface area (Å²) in [6, 6.07) is 0. The van der Waals surface area contributed by atoms with Gasteiger partial charge < -0.3 is 14.0 Å². The van der Waals surface area contributed by atoms with Crippen molar-refractivity contribution in [3.8, 4) is 0 Å². The Balaban J connectivity index is 1.97. The average molecular weight is 353 g/mol. The van der Waals surface area contributed by atoms with E-state index in [4.69, 9.17) is 9.47 Å². The fourth-order valence-electron chi connectivity index (χ4n) is 3.06. The molecule has 1 heterocycles. The number of nitrogens with zero attached hydrogens (tertiary/aromatic N) is 2. The first-order valence-corrected chi connectivity index (χ1v) is 10.4. The molecule has 0 amide bonds. The minimum Gasteiger partial charge on any atom is -0.379 e. The van der Waals surface area contributed by atoms with Crippen LogP contribution >= 0.6 is 0 Å². The maximum atomic E-state index is 5.95. The summed E-state index contributed by atoms with van der Waals surface area (Å²) in [5.41, 5.74) is 0. The van der Waals surface area contributed by atoms with E-state index < -0.39 is 0 Å². The molecule has 0 aliphatic carbocycles. The maximum absolute atomic E-state index is 5.95. The van der Waals surface area contributed by atoms with Gasteiger partial charge in [-0.1, -0.05) is 64.7 Å². The Bertz CT molecular complexity index is 379. The van der Waals surface area contributed by atoms with Crippen LogP contribution in [0, 0.1) is 0 Å². The summed E-state index contributed by atoms with van der Waals surface area (Å²) in [6.07, 6.45) is 19.5. The van der Waals surface area contributed by atoms with Crippen molar-refractivity contribution in [3.05, 3.63) is 18.7 Å². The van der Waals surface area contributed by atoms with Crippen LogP contribution in [0.2, 0.25) is 0 Å². The van der Waals surface area contributed by atoms with Gasteiger partial charge in [-0.3, -0.25) is 0 Å². The molecule has 0 aliphatic heterocycles. The highest BCUT2D eigenvalue weighted by Gasteiger charge is 2.12. The number of imidazole rings is 1. The average Bonchev–Trinajstić information content (AvgIpc) is 3.08. The third kappa shape index (κ3) is 13.1. The molecule has 0 saturated heterocycles. The molecule has 25 heavy (non-hydrogen) atoms. The lowest BCUT2D eigenvalue weighted by Crippen LogP contribution is -2.28. The van der Waals surface area contributed by atoms with Gasteiger partial charge in [0.25, 0.3) is 0 Å². The molecular weight excluding hydrogens is 312 g/mol. The van der Waals surface area contributed by atoms with E-state index in [1.165, 1.54) is 57.8 Å². The summed E-state index contributed by atoms with van der Waals surface area (Å²) in [5, 5.41) is 0. The van der Waals surface area contributed by atoms with Gasteiger partial charge in [0.1, 0.15) is 0 Å². The van der Waals surface area contributed by atoms with E-state index in [-0.39, 0.29) is 12.2 Å². The monoisotopic (exact) mass is 352 g/mol. The largest absolute Gasteiger partial charge is 0.379 e. The zero-order valence-electron chi connectivity index (χ0n) is 16.8. The fraction of sp³-hybridized carbons (Fsp3) is 0.857. The molecule has 1 aromatic rings. The van der Waals surface area contributed by atoms with Gasteiger partial charge in [-0.25, -0.2) is 4.98 Å². The topological polar surface area (TPSA) is 36.3 Å². The molecule has 1 unspecified atom stereocenters. The lowest BCUT2D eigenvalue weighted by molar-refractivity contribution is -0.0522. The van der Waals surface area contributed by atoms with Gasteiger partial charge in [0.05, 0.1) is 31.7 Å². The number of hydrogen-bond donors (Lipinski definition) is 0. The van der Waals surface area contributed by atoms with E-state index in [9.17, 15) is 0 Å². The van der Waals surface area contributed by atoms with Crippen molar-refractivity contribution in [1.82, 2.24) is 9.55 Å². The molecule has 0 fully saturated rings. The molecule has 0 bridgehead atoms. The predicted octanol–water partition coefficient (Wildman–Crippen LogP) is 5.61. The second kappa shape index (κ2) is 15.4. The van der Waals surface area contributed by atoms with Crippen molar-refractivity contribution in [2.24, 2.45) is 0 Å². The smallest absolute Gasteiger partial charge is 0.0990 e. The van der Waals surface area contributed by atoms with Crippen molar-refractivity contribution in [1.29, 1.82) is 0 Å². The second-order valence-corrected chi connectivity index (χ2v) is 7.32. The van der Waals surface area contributed by atoms with Crippen LogP contribution in [0.5, 0.6) is 0 Å². The lowest BCUT2D eigenvalue weighted by Gasteiger charge is -2.21. The number of hydrogen-bond acceptors (Lipinski definition) is 3. The highest BCUT2D eigenvalue weighted by atomic mass is 16.5. The summed E-state index contributed by atoms with van der Waals surface area (Å²) in [5.74, 6) is 0. The summed E-state index contributed by atoms with van der Waals surface area (Å²) in [7, 11) is 0. The predicted molar refractivity (Wildman–Crippen MR) is 105 cm³/mol. The van der Waals surface area contributed by atoms with Gasteiger partial charge in [-0.2, -0.15) is 0 Å². The molecule has 1 rings (SSSR count). The zero-order valence-corrected chi connectivity index (χ0v) is 16.8. The van der Waals surface area contributed by atoms with Crippen molar-refractivity contribution in [3.63, 3.8) is 0 Å². The summed E-state index contributed by atoms with van der Waals surface area (Å²) in [6.45, 7) is 8.73. The number of rotatable bonds is 17. The van der Waals surface area contributed by atoms with Gasteiger partial charge >= 0.3 is 0 Å². The van der Waals surface area contributed by atoms with Crippen molar-refractivity contribution >= 4 is 0 Å². The van der Waals surface area contributed by atoms with Crippen LogP contribution in [-0.4, -0.2) is 35.0 Å². The molecule has 0 aromatic carbocycles. The molecule has 1 atom stereocenters. The Morgan fingerprint density at radius 3 is 2.12 bits per heavy atom. The minimum absolute atomic E-state index is 0.0947. The highest BCUT2D eigenvalue weighted by molar-refractivity contribution is 4.76. The number of unbranched alkanes of at least 4 members (excludes halogenated alkanes) is 9. The van der Waals surface area contributed by atoms with Crippen LogP contribution in [-0.2, 0) is 16.0 Å². The molecule has 0 N–H and O–H groups in total. The van der Waals surface area contributed by atoms with Gasteiger partial charge in [-0.15, -0.1) is 0 Å². The van der Waals surface area contributed by atoms with E-state index in [0.29, 0.717) is 6.61 Å². The second-order valence-electron chi connectivity index (χ2n) is 7.32. The van der Waals surface area contributed by atoms with E-state index in [1.54, 1.807) is 6.20 Å². The van der Waals surface area contributed by atoms with E-state index in [0.717, 1.165) is 19.6 Å². The number of ether oxygens (including phenoxy) is 2. The van der Waals surface area contributed by atoms with Crippen molar-refractivity contribution in [2.75, 3.05) is 13.2 Å². The van der Waals surface area contributed by atoms with Gasteiger partial charge in [0.15, 0.2) is 0 Å². The molecule has 0 aliphatic rings. The third-order valence-corrected chi connectivity index (χ3v) is 4.38. The minimum atomic E-state index is 0.0947. The molecule has 4 nitrogen and oxygen atoms in total. The first-order valence-electron chi connectivity index (χ1n) is 10.4. The van der Waals surface area contributed by atoms with Crippen LogP contribution in [0.3, 0.4) is 0 Å². The van der Waals surface area contributed by atoms with Crippen LogP contribution < -0.4 is 0 Å². The molecule has 1 aromatic heterocycles. The molecule has 0 saturated carbocycles. The lowest BCUT2D eigenvalue weighted by atomic mass is 10.1. The van der Waals surface area contributed by atoms with Crippen LogP contribution in [0.25, 0.3) is 0 Å². The molecule has 0 radical (unpaired) electrons. The van der Waals surface area contributed by atoms with Crippen molar-refractivity contribution in [2.45, 2.75) is 104 Å². The Labute approximate surface area is 155 Å². The molecule has 146 valence electrons. The highest BCUT2D eigenvalue weighted by Crippen LogP contribution is 2.11. The standard InChI is InChI=1S/C21H40N2O2/c1-4-5-6-7-8-9-10-11-12-13-16-24-18-21(25-20(2)3)17-23-15-14-22-19-23/h14-15,19-21H,4-13,16-18H2,1-3H3. The van der Waals surface area contributed by atoms with E-state index in [2.05, 4.69) is 30.3 Å². The Hall–Kier alpha value is -0.870. The zero-order chi connectivity index (χ0) is 18.2. The molecule has 0 spiro atoms. The summed E-state index contributed by atoms with van der Waals surface area (Å²) < 4.78 is 13.9. The van der Waals surface area contributed by atoms with Gasteiger partial charge in [0, 0.05) is 19.0 Å². The van der Waals surface area contributed by atoms with Crippen LogP contribution in [0.15, 0.2) is 18.7 Å². The Morgan fingerprint density at radius 1 is 0.920 bits per heavy atom. The Kier molecular flexibility index (Phi) is 13.6. The summed E-state index contributed by atoms with van der Waals surface area (Å²) in [4.78, 5) is 4.09. The fourth-order valence-corrected chi connectivity index (χ4v) is 3.06. The maximum Gasteiger partial charge on any atom is 0.0990 e. The van der Waals surface area contributed by atoms with Crippen LogP contribution in [0.1, 0.15) is 85.0 Å². The van der Waals surface area contributed by atoms with Crippen LogP contribution in [0.4, 0.5) is 0 Å². The third-order valence-electron chi connectivity index (χ3n) is 4.38. The normalized spacial score (nSPS) is 12.8. The molecule has 4 heteroatoms. The quantitative estimate of drug-likeness (QED) is 0.342.